The van der Waals surface area contributed by atoms with Crippen LogP contribution in [0.3, 0.4) is 0 Å². The van der Waals surface area contributed by atoms with E-state index in [-0.39, 0.29) is 23.0 Å². The molecule has 3 aliphatic rings. The number of carbonyl (C=O) groups excluding carboxylic acids is 1. The summed E-state index contributed by atoms with van der Waals surface area (Å²) in [4.78, 5) is 31.8. The standard InChI is InChI=1S/C30H35ClN4O4/c31-23-6-4-21(5-7-23)16-32-30(37)26-20-35-19-24(18-33-8-2-1-3-9-33)39-27-15-22(14-25(28(27)35)29(26)36)17-34-10-12-38-13-11-34/h4-7,14-15,20,24H,1-3,8-13,16-19H2,(H,32,37). The zero-order valence-corrected chi connectivity index (χ0v) is 22.9. The minimum Gasteiger partial charge on any atom is -0.485 e. The fourth-order valence-corrected chi connectivity index (χ4v) is 6.03. The molecule has 206 valence electrons. The third kappa shape index (κ3) is 5.99. The van der Waals surface area contributed by atoms with E-state index in [4.69, 9.17) is 21.1 Å². The molecule has 0 radical (unpaired) electrons. The van der Waals surface area contributed by atoms with Gasteiger partial charge in [0.25, 0.3) is 5.91 Å². The van der Waals surface area contributed by atoms with Gasteiger partial charge in [-0.05, 0) is 61.3 Å². The lowest BCUT2D eigenvalue weighted by Gasteiger charge is -2.34. The molecule has 3 aliphatic heterocycles. The molecule has 1 amide bonds. The molecule has 2 fully saturated rings. The average molecular weight is 551 g/mol. The highest BCUT2D eigenvalue weighted by molar-refractivity contribution is 6.30. The number of ether oxygens (including phenoxy) is 2. The van der Waals surface area contributed by atoms with Crippen LogP contribution in [0.1, 0.15) is 40.7 Å². The van der Waals surface area contributed by atoms with Gasteiger partial charge in [0.15, 0.2) is 0 Å². The summed E-state index contributed by atoms with van der Waals surface area (Å²) in [5.41, 5.74) is 2.60. The van der Waals surface area contributed by atoms with Crippen LogP contribution in [0.25, 0.3) is 10.9 Å². The zero-order valence-electron chi connectivity index (χ0n) is 22.2. The van der Waals surface area contributed by atoms with Gasteiger partial charge in [-0.3, -0.25) is 19.4 Å². The third-order valence-corrected chi connectivity index (χ3v) is 8.17. The molecule has 0 aliphatic carbocycles. The van der Waals surface area contributed by atoms with E-state index in [9.17, 15) is 9.59 Å². The Morgan fingerprint density at radius 2 is 1.74 bits per heavy atom. The Hall–Kier alpha value is -2.91. The minimum absolute atomic E-state index is 0.0510. The summed E-state index contributed by atoms with van der Waals surface area (Å²) < 4.78 is 14.1. The number of morpholine rings is 1. The summed E-state index contributed by atoms with van der Waals surface area (Å²) in [6, 6.07) is 11.3. The van der Waals surface area contributed by atoms with Crippen molar-refractivity contribution in [2.45, 2.75) is 45.0 Å². The van der Waals surface area contributed by atoms with Crippen LogP contribution >= 0.6 is 11.6 Å². The molecular formula is C30H35ClN4O4. The molecule has 4 heterocycles. The lowest BCUT2D eigenvalue weighted by atomic mass is 10.0. The maximum absolute atomic E-state index is 13.7. The van der Waals surface area contributed by atoms with Crippen LogP contribution in [0.15, 0.2) is 47.4 Å². The number of hydrogen-bond donors (Lipinski definition) is 1. The number of amides is 1. The smallest absolute Gasteiger partial charge is 0.257 e. The predicted octanol–water partition coefficient (Wildman–Crippen LogP) is 3.66. The molecule has 1 aromatic heterocycles. The van der Waals surface area contributed by atoms with Gasteiger partial charge in [0.05, 0.1) is 30.7 Å². The highest BCUT2D eigenvalue weighted by atomic mass is 35.5. The molecule has 2 saturated heterocycles. The van der Waals surface area contributed by atoms with E-state index < -0.39 is 0 Å². The molecular weight excluding hydrogens is 516 g/mol. The summed E-state index contributed by atoms with van der Waals surface area (Å²) in [6.07, 6.45) is 5.38. The van der Waals surface area contributed by atoms with Crippen LogP contribution in [0.5, 0.6) is 5.75 Å². The van der Waals surface area contributed by atoms with E-state index in [2.05, 4.69) is 25.8 Å². The lowest BCUT2D eigenvalue weighted by molar-refractivity contribution is 0.0341. The van der Waals surface area contributed by atoms with Crippen molar-refractivity contribution in [3.05, 3.63) is 74.5 Å². The second kappa shape index (κ2) is 11.7. The normalized spacial score (nSPS) is 20.1. The molecule has 0 saturated carbocycles. The molecule has 2 aromatic carbocycles. The van der Waals surface area contributed by atoms with Crippen molar-refractivity contribution < 1.29 is 14.3 Å². The first-order chi connectivity index (χ1) is 19.0. The lowest BCUT2D eigenvalue weighted by Crippen LogP contribution is -2.42. The number of halogens is 1. The van der Waals surface area contributed by atoms with E-state index in [0.29, 0.717) is 43.3 Å². The van der Waals surface area contributed by atoms with Crippen molar-refractivity contribution in [1.29, 1.82) is 0 Å². The minimum atomic E-state index is -0.375. The van der Waals surface area contributed by atoms with Crippen LogP contribution in [0.4, 0.5) is 0 Å². The van der Waals surface area contributed by atoms with E-state index in [1.165, 1.54) is 19.3 Å². The van der Waals surface area contributed by atoms with Crippen molar-refractivity contribution >= 4 is 28.4 Å². The number of pyridine rings is 1. The SMILES string of the molecule is O=C(NCc1ccc(Cl)cc1)c1cn2c3c(cc(CN4CCOCC4)cc3c1=O)OC(CN1CCCCC1)C2. The van der Waals surface area contributed by atoms with Gasteiger partial charge in [-0.1, -0.05) is 30.2 Å². The topological polar surface area (TPSA) is 76.0 Å². The van der Waals surface area contributed by atoms with Crippen LogP contribution in [-0.4, -0.2) is 72.3 Å². The average Bonchev–Trinajstić information content (AvgIpc) is 2.95. The van der Waals surface area contributed by atoms with E-state index in [1.54, 1.807) is 18.3 Å². The Bertz CT molecular complexity index is 1390. The monoisotopic (exact) mass is 550 g/mol. The van der Waals surface area contributed by atoms with Crippen LogP contribution in [0, 0.1) is 0 Å². The van der Waals surface area contributed by atoms with Crippen molar-refractivity contribution in [2.75, 3.05) is 45.9 Å². The number of piperidine rings is 1. The van der Waals surface area contributed by atoms with Crippen molar-refractivity contribution in [3.63, 3.8) is 0 Å². The van der Waals surface area contributed by atoms with Crippen molar-refractivity contribution in [3.8, 4) is 5.75 Å². The fraction of sp³-hybridized carbons (Fsp3) is 0.467. The van der Waals surface area contributed by atoms with Gasteiger partial charge in [-0.15, -0.1) is 0 Å². The second-order valence-electron chi connectivity index (χ2n) is 10.8. The third-order valence-electron chi connectivity index (χ3n) is 7.92. The van der Waals surface area contributed by atoms with Crippen molar-refractivity contribution in [1.82, 2.24) is 19.7 Å². The molecule has 1 atom stereocenters. The maximum Gasteiger partial charge on any atom is 0.257 e. The van der Waals surface area contributed by atoms with Crippen LogP contribution in [-0.2, 0) is 24.4 Å². The zero-order chi connectivity index (χ0) is 26.8. The summed E-state index contributed by atoms with van der Waals surface area (Å²) in [5.74, 6) is 0.356. The number of carbonyl (C=O) groups is 1. The Kier molecular flexibility index (Phi) is 7.88. The summed E-state index contributed by atoms with van der Waals surface area (Å²) in [5, 5.41) is 4.10. The van der Waals surface area contributed by atoms with Gasteiger partial charge in [0.1, 0.15) is 17.4 Å². The molecule has 39 heavy (non-hydrogen) atoms. The Morgan fingerprint density at radius 1 is 0.974 bits per heavy atom. The molecule has 1 N–H and O–H groups in total. The molecule has 0 spiro atoms. The first-order valence-electron chi connectivity index (χ1n) is 14.0. The van der Waals surface area contributed by atoms with E-state index in [0.717, 1.165) is 55.1 Å². The van der Waals surface area contributed by atoms with Gasteiger partial charge in [-0.25, -0.2) is 0 Å². The first kappa shape index (κ1) is 26.3. The summed E-state index contributed by atoms with van der Waals surface area (Å²) in [6.45, 7) is 7.74. The quantitative estimate of drug-likeness (QED) is 0.484. The Morgan fingerprint density at radius 3 is 2.51 bits per heavy atom. The van der Waals surface area contributed by atoms with Gasteiger partial charge in [0, 0.05) is 43.9 Å². The first-order valence-corrected chi connectivity index (χ1v) is 14.3. The fourth-order valence-electron chi connectivity index (χ4n) is 5.90. The largest absolute Gasteiger partial charge is 0.485 e. The number of aromatic nitrogens is 1. The summed E-state index contributed by atoms with van der Waals surface area (Å²) >= 11 is 5.99. The number of rotatable bonds is 7. The van der Waals surface area contributed by atoms with Crippen LogP contribution in [0.2, 0.25) is 5.02 Å². The highest BCUT2D eigenvalue weighted by Crippen LogP contribution is 2.32. The van der Waals surface area contributed by atoms with Gasteiger partial charge in [-0.2, -0.15) is 0 Å². The molecule has 0 bridgehead atoms. The number of likely N-dealkylation sites (tertiary alicyclic amines) is 1. The van der Waals surface area contributed by atoms with Gasteiger partial charge >= 0.3 is 0 Å². The highest BCUT2D eigenvalue weighted by Gasteiger charge is 2.28. The Balaban J connectivity index is 1.32. The summed E-state index contributed by atoms with van der Waals surface area (Å²) in [7, 11) is 0. The van der Waals surface area contributed by atoms with E-state index >= 15 is 0 Å². The predicted molar refractivity (Wildman–Crippen MR) is 152 cm³/mol. The molecule has 8 nitrogen and oxygen atoms in total. The Labute approximate surface area is 233 Å². The molecule has 3 aromatic rings. The number of hydrogen-bond acceptors (Lipinski definition) is 6. The molecule has 6 rings (SSSR count). The van der Waals surface area contributed by atoms with Crippen molar-refractivity contribution in [2.24, 2.45) is 0 Å². The maximum atomic E-state index is 13.7. The number of nitrogens with zero attached hydrogens (tertiary/aromatic N) is 3. The van der Waals surface area contributed by atoms with Crippen LogP contribution < -0.4 is 15.5 Å². The van der Waals surface area contributed by atoms with Gasteiger partial charge < -0.3 is 19.4 Å². The molecule has 9 heteroatoms. The number of benzene rings is 2. The van der Waals surface area contributed by atoms with E-state index in [1.807, 2.05) is 18.2 Å². The molecule has 1 unspecified atom stereocenters. The number of nitrogens with one attached hydrogen (secondary N) is 1. The second-order valence-corrected chi connectivity index (χ2v) is 11.2. The van der Waals surface area contributed by atoms with Gasteiger partial charge in [0.2, 0.25) is 5.43 Å².